The molecule has 0 aliphatic carbocycles. The third kappa shape index (κ3) is 5.04. The van der Waals surface area contributed by atoms with Gasteiger partial charge in [-0.2, -0.15) is 5.26 Å². The van der Waals surface area contributed by atoms with Crippen molar-refractivity contribution in [3.05, 3.63) is 70.8 Å². The second-order valence-corrected chi connectivity index (χ2v) is 7.17. The van der Waals surface area contributed by atoms with Crippen molar-refractivity contribution < 1.29 is 14.3 Å². The molecule has 1 amide bonds. The summed E-state index contributed by atoms with van der Waals surface area (Å²) in [5.41, 5.74) is 3.31. The predicted octanol–water partition coefficient (Wildman–Crippen LogP) is 5.80. The number of anilines is 1. The highest BCUT2D eigenvalue weighted by Crippen LogP contribution is 2.33. The van der Waals surface area contributed by atoms with Gasteiger partial charge in [0.15, 0.2) is 0 Å². The Labute approximate surface area is 182 Å². The highest BCUT2D eigenvalue weighted by molar-refractivity contribution is 6.11. The smallest absolute Gasteiger partial charge is 0.266 e. The summed E-state index contributed by atoms with van der Waals surface area (Å²) in [6, 6.07) is 17.4. The van der Waals surface area contributed by atoms with E-state index in [-0.39, 0.29) is 5.57 Å². The molecule has 0 bridgehead atoms. The summed E-state index contributed by atoms with van der Waals surface area (Å²) in [5, 5.41) is 14.4. The van der Waals surface area contributed by atoms with Crippen molar-refractivity contribution in [3.63, 3.8) is 0 Å². The topological polar surface area (TPSA) is 71.3 Å². The van der Waals surface area contributed by atoms with Crippen molar-refractivity contribution in [2.45, 2.75) is 27.7 Å². The van der Waals surface area contributed by atoms with Crippen molar-refractivity contribution in [2.24, 2.45) is 0 Å². The zero-order valence-electron chi connectivity index (χ0n) is 18.3. The molecule has 0 heterocycles. The Bertz CT molecular complexity index is 1180. The Balaban J connectivity index is 2.09. The Morgan fingerprint density at radius 1 is 1.03 bits per heavy atom. The molecule has 0 aliphatic rings. The van der Waals surface area contributed by atoms with E-state index in [1.807, 2.05) is 82.3 Å². The van der Waals surface area contributed by atoms with Crippen molar-refractivity contribution in [2.75, 3.05) is 18.5 Å². The van der Waals surface area contributed by atoms with Gasteiger partial charge in [0.1, 0.15) is 23.1 Å². The summed E-state index contributed by atoms with van der Waals surface area (Å²) in [5.74, 6) is 0.865. The summed E-state index contributed by atoms with van der Waals surface area (Å²) in [7, 11) is 0. The van der Waals surface area contributed by atoms with Crippen molar-refractivity contribution in [1.82, 2.24) is 0 Å². The monoisotopic (exact) mass is 414 g/mol. The SMILES string of the molecule is CCOc1ccc2ccc(OCC)c(/C=C(\C#N)C(=O)Nc3cc(C)ccc3C)c2c1. The third-order valence-electron chi connectivity index (χ3n) is 4.90. The third-order valence-corrected chi connectivity index (χ3v) is 4.90. The maximum Gasteiger partial charge on any atom is 0.266 e. The Kier molecular flexibility index (Phi) is 6.94. The van der Waals surface area contributed by atoms with E-state index < -0.39 is 5.91 Å². The van der Waals surface area contributed by atoms with Gasteiger partial charge >= 0.3 is 0 Å². The first-order valence-corrected chi connectivity index (χ1v) is 10.3. The molecular formula is C26H26N2O3. The average molecular weight is 415 g/mol. The number of fused-ring (bicyclic) bond motifs is 1. The van der Waals surface area contributed by atoms with Crippen LogP contribution in [0.1, 0.15) is 30.5 Å². The lowest BCUT2D eigenvalue weighted by molar-refractivity contribution is -0.112. The maximum atomic E-state index is 12.9. The van der Waals surface area contributed by atoms with Gasteiger partial charge in [0, 0.05) is 11.3 Å². The molecule has 0 unspecified atom stereocenters. The van der Waals surface area contributed by atoms with Crippen LogP contribution in [0.25, 0.3) is 16.8 Å². The van der Waals surface area contributed by atoms with Crippen LogP contribution in [0.4, 0.5) is 5.69 Å². The van der Waals surface area contributed by atoms with Gasteiger partial charge in [0.2, 0.25) is 0 Å². The van der Waals surface area contributed by atoms with E-state index in [2.05, 4.69) is 5.32 Å². The lowest BCUT2D eigenvalue weighted by atomic mass is 10.0. The second kappa shape index (κ2) is 9.82. The lowest BCUT2D eigenvalue weighted by Gasteiger charge is -2.13. The molecule has 5 nitrogen and oxygen atoms in total. The summed E-state index contributed by atoms with van der Waals surface area (Å²) in [6.45, 7) is 8.70. The highest BCUT2D eigenvalue weighted by atomic mass is 16.5. The normalized spacial score (nSPS) is 11.1. The molecule has 0 aliphatic heterocycles. The van der Waals surface area contributed by atoms with Gasteiger partial charge in [0.25, 0.3) is 5.91 Å². The molecule has 0 fully saturated rings. The predicted molar refractivity (Wildman–Crippen MR) is 124 cm³/mol. The van der Waals surface area contributed by atoms with Gasteiger partial charge in [-0.3, -0.25) is 4.79 Å². The van der Waals surface area contributed by atoms with Crippen molar-refractivity contribution in [1.29, 1.82) is 5.26 Å². The van der Waals surface area contributed by atoms with Crippen LogP contribution in [0.3, 0.4) is 0 Å². The molecule has 0 radical (unpaired) electrons. The number of nitrogens with zero attached hydrogens (tertiary/aromatic N) is 1. The molecule has 3 rings (SSSR count). The van der Waals surface area contributed by atoms with Gasteiger partial charge < -0.3 is 14.8 Å². The molecule has 0 atom stereocenters. The van der Waals surface area contributed by atoms with Gasteiger partial charge in [-0.15, -0.1) is 0 Å². The number of nitrogens with one attached hydrogen (secondary N) is 1. The largest absolute Gasteiger partial charge is 0.494 e. The summed E-state index contributed by atoms with van der Waals surface area (Å²) in [6.07, 6.45) is 1.59. The number of aryl methyl sites for hydroxylation is 2. The fourth-order valence-corrected chi connectivity index (χ4v) is 3.34. The van der Waals surface area contributed by atoms with Gasteiger partial charge in [0.05, 0.1) is 13.2 Å². The first-order valence-electron chi connectivity index (χ1n) is 10.3. The Morgan fingerprint density at radius 2 is 1.77 bits per heavy atom. The molecule has 3 aromatic carbocycles. The van der Waals surface area contributed by atoms with Gasteiger partial charge in [-0.25, -0.2) is 0 Å². The van der Waals surface area contributed by atoms with Crippen LogP contribution in [0.15, 0.2) is 54.1 Å². The number of carbonyl (C=O) groups is 1. The Morgan fingerprint density at radius 3 is 2.48 bits per heavy atom. The molecule has 31 heavy (non-hydrogen) atoms. The first-order chi connectivity index (χ1) is 15.0. The fourth-order valence-electron chi connectivity index (χ4n) is 3.34. The van der Waals surface area contributed by atoms with Crippen LogP contribution in [0.5, 0.6) is 11.5 Å². The zero-order valence-corrected chi connectivity index (χ0v) is 18.3. The number of amides is 1. The van der Waals surface area contributed by atoms with Gasteiger partial charge in [-0.1, -0.05) is 24.3 Å². The minimum absolute atomic E-state index is 0.00354. The van der Waals surface area contributed by atoms with E-state index in [0.717, 1.165) is 27.6 Å². The summed E-state index contributed by atoms with van der Waals surface area (Å²) >= 11 is 0. The Hall–Kier alpha value is -3.78. The molecule has 3 aromatic rings. The number of ether oxygens (including phenoxy) is 2. The molecule has 0 spiro atoms. The molecular weight excluding hydrogens is 388 g/mol. The summed E-state index contributed by atoms with van der Waals surface area (Å²) in [4.78, 5) is 12.9. The van der Waals surface area contributed by atoms with Crippen molar-refractivity contribution >= 4 is 28.4 Å². The highest BCUT2D eigenvalue weighted by Gasteiger charge is 2.15. The van der Waals surface area contributed by atoms with Crippen LogP contribution in [0.2, 0.25) is 0 Å². The number of nitriles is 1. The number of carbonyl (C=O) groups excluding carboxylic acids is 1. The molecule has 0 aromatic heterocycles. The van der Waals surface area contributed by atoms with E-state index in [9.17, 15) is 10.1 Å². The lowest BCUT2D eigenvalue weighted by Crippen LogP contribution is -2.14. The number of hydrogen-bond acceptors (Lipinski definition) is 4. The number of rotatable bonds is 7. The molecule has 1 N–H and O–H groups in total. The van der Waals surface area contributed by atoms with E-state index in [1.54, 1.807) is 6.08 Å². The average Bonchev–Trinajstić information content (AvgIpc) is 2.75. The van der Waals surface area contributed by atoms with Crippen LogP contribution >= 0.6 is 0 Å². The van der Waals surface area contributed by atoms with E-state index in [1.165, 1.54) is 0 Å². The van der Waals surface area contributed by atoms with Crippen LogP contribution in [-0.2, 0) is 4.79 Å². The van der Waals surface area contributed by atoms with Crippen molar-refractivity contribution in [3.8, 4) is 17.6 Å². The molecule has 158 valence electrons. The van der Waals surface area contributed by atoms with Crippen LogP contribution < -0.4 is 14.8 Å². The maximum absolute atomic E-state index is 12.9. The molecule has 0 saturated heterocycles. The second-order valence-electron chi connectivity index (χ2n) is 7.17. The number of hydrogen-bond donors (Lipinski definition) is 1. The van der Waals surface area contributed by atoms with E-state index in [4.69, 9.17) is 9.47 Å². The van der Waals surface area contributed by atoms with Gasteiger partial charge in [-0.05, 0) is 79.9 Å². The minimum atomic E-state index is -0.461. The summed E-state index contributed by atoms with van der Waals surface area (Å²) < 4.78 is 11.4. The number of benzene rings is 3. The van der Waals surface area contributed by atoms with E-state index in [0.29, 0.717) is 30.2 Å². The van der Waals surface area contributed by atoms with E-state index >= 15 is 0 Å². The zero-order chi connectivity index (χ0) is 22.4. The first kappa shape index (κ1) is 21.9. The fraction of sp³-hybridized carbons (Fsp3) is 0.231. The minimum Gasteiger partial charge on any atom is -0.494 e. The quantitative estimate of drug-likeness (QED) is 0.392. The molecule has 0 saturated carbocycles. The molecule has 5 heteroatoms. The van der Waals surface area contributed by atoms with Crippen LogP contribution in [0, 0.1) is 25.2 Å². The van der Waals surface area contributed by atoms with Crippen LogP contribution in [-0.4, -0.2) is 19.1 Å². The standard InChI is InChI=1S/C26H26N2O3/c1-5-30-21-11-9-19-10-12-25(31-6-2)23(22(19)15-21)14-20(16-27)26(29)28-24-13-17(3)7-8-18(24)4/h7-15H,5-6H2,1-4H3,(H,28,29)/b20-14+.